The van der Waals surface area contributed by atoms with E-state index in [1.54, 1.807) is 30.3 Å². The van der Waals surface area contributed by atoms with Crippen molar-refractivity contribution in [1.29, 1.82) is 5.41 Å². The zero-order valence-corrected chi connectivity index (χ0v) is 17.6. The average molecular weight is 454 g/mol. The number of hydrogen-bond acceptors (Lipinski definition) is 4. The molecule has 5 nitrogen and oxygen atoms in total. The molecule has 1 N–H and O–H groups in total. The number of hydrogen-bond donors (Lipinski definition) is 1. The minimum atomic E-state index is -4.58. The van der Waals surface area contributed by atoms with Gasteiger partial charge in [-0.05, 0) is 42.8 Å². The van der Waals surface area contributed by atoms with Gasteiger partial charge in [-0.3, -0.25) is 10.4 Å². The van der Waals surface area contributed by atoms with Crippen LogP contribution in [0.3, 0.4) is 0 Å². The van der Waals surface area contributed by atoms with E-state index >= 15 is 0 Å². The zero-order valence-electron chi connectivity index (χ0n) is 17.6. The minimum absolute atomic E-state index is 0.0288. The molecule has 0 radical (unpaired) electrons. The molecular weight excluding hydrogens is 436 g/mol. The summed E-state index contributed by atoms with van der Waals surface area (Å²) in [5, 5.41) is 13.0. The van der Waals surface area contributed by atoms with Crippen LogP contribution in [0.15, 0.2) is 71.7 Å². The quantitative estimate of drug-likeness (QED) is 0.233. The third-order valence-electron chi connectivity index (χ3n) is 4.97. The smallest absolute Gasteiger partial charge is 0.416 e. The number of aromatic nitrogens is 2. The fourth-order valence-electron chi connectivity index (χ4n) is 3.46. The van der Waals surface area contributed by atoms with Gasteiger partial charge in [-0.25, -0.2) is 4.39 Å². The standard InChI is InChI=1S/C24H18F4N4O/c1-14(29)32-22(30-2)20-13-17(25)9-11-19(20)23(31-32)33-21-12-16(24(26,27)28)8-10-18(21)15-6-4-3-5-7-15/h3-13,29H,1-2H3. The Morgan fingerprint density at radius 3 is 2.36 bits per heavy atom. The van der Waals surface area contributed by atoms with Crippen molar-refractivity contribution in [3.63, 3.8) is 0 Å². The number of nitrogens with one attached hydrogen (secondary N) is 1. The van der Waals surface area contributed by atoms with Crippen LogP contribution < -0.4 is 10.2 Å². The minimum Gasteiger partial charge on any atom is -0.436 e. The van der Waals surface area contributed by atoms with Crippen LogP contribution in [0, 0.1) is 11.2 Å². The number of nitrogens with zero attached hydrogens (tertiary/aromatic N) is 3. The van der Waals surface area contributed by atoms with E-state index in [1.165, 1.54) is 38.2 Å². The van der Waals surface area contributed by atoms with Crippen molar-refractivity contribution in [3.05, 3.63) is 83.6 Å². The molecule has 0 atom stereocenters. The molecule has 9 heteroatoms. The lowest BCUT2D eigenvalue weighted by atomic mass is 10.0. The van der Waals surface area contributed by atoms with E-state index in [0.29, 0.717) is 21.9 Å². The molecule has 4 rings (SSSR count). The Labute approximate surface area is 186 Å². The highest BCUT2D eigenvalue weighted by Gasteiger charge is 2.31. The predicted octanol–water partition coefficient (Wildman–Crippen LogP) is 6.03. The Hall–Kier alpha value is -4.01. The van der Waals surface area contributed by atoms with Gasteiger partial charge in [0.1, 0.15) is 17.4 Å². The molecule has 0 spiro atoms. The SMILES string of the molecule is CN=c1c2cc(F)ccc2c(Oc2cc(C(F)(F)F)ccc2-c2ccccc2)nn1C(C)=N. The summed E-state index contributed by atoms with van der Waals surface area (Å²) >= 11 is 0. The van der Waals surface area contributed by atoms with Gasteiger partial charge in [-0.1, -0.05) is 36.4 Å². The molecule has 0 amide bonds. The first-order valence-electron chi connectivity index (χ1n) is 9.84. The summed E-state index contributed by atoms with van der Waals surface area (Å²) in [6, 6.07) is 15.9. The molecule has 168 valence electrons. The lowest BCUT2D eigenvalue weighted by Crippen LogP contribution is -2.29. The van der Waals surface area contributed by atoms with Crippen LogP contribution in [-0.4, -0.2) is 22.7 Å². The fourth-order valence-corrected chi connectivity index (χ4v) is 3.46. The fraction of sp³-hybridized carbons (Fsp3) is 0.125. The van der Waals surface area contributed by atoms with Gasteiger partial charge in [-0.2, -0.15) is 17.9 Å². The van der Waals surface area contributed by atoms with Crippen molar-refractivity contribution in [2.45, 2.75) is 13.1 Å². The lowest BCUT2D eigenvalue weighted by molar-refractivity contribution is -0.137. The van der Waals surface area contributed by atoms with Crippen molar-refractivity contribution in [1.82, 2.24) is 9.78 Å². The highest BCUT2D eigenvalue weighted by molar-refractivity contribution is 5.89. The number of ether oxygens (including phenoxy) is 1. The third kappa shape index (κ3) is 4.34. The van der Waals surface area contributed by atoms with Gasteiger partial charge in [0.2, 0.25) is 5.88 Å². The number of rotatable bonds is 3. The molecule has 0 saturated heterocycles. The molecule has 1 heterocycles. The molecule has 4 aromatic rings. The summed E-state index contributed by atoms with van der Waals surface area (Å²) < 4.78 is 61.5. The van der Waals surface area contributed by atoms with E-state index in [4.69, 9.17) is 10.1 Å². The first-order valence-corrected chi connectivity index (χ1v) is 9.84. The summed E-state index contributed by atoms with van der Waals surface area (Å²) in [5.41, 5.74) is 0.399. The van der Waals surface area contributed by atoms with Gasteiger partial charge < -0.3 is 4.74 Å². The Kier molecular flexibility index (Phi) is 5.71. The second kappa shape index (κ2) is 8.50. The summed E-state index contributed by atoms with van der Waals surface area (Å²) in [6.45, 7) is 1.45. The Morgan fingerprint density at radius 1 is 1.00 bits per heavy atom. The summed E-state index contributed by atoms with van der Waals surface area (Å²) in [4.78, 5) is 4.11. The van der Waals surface area contributed by atoms with Crippen molar-refractivity contribution >= 4 is 16.6 Å². The largest absolute Gasteiger partial charge is 0.436 e. The first-order chi connectivity index (χ1) is 15.7. The Morgan fingerprint density at radius 2 is 1.73 bits per heavy atom. The first kappa shape index (κ1) is 22.2. The summed E-state index contributed by atoms with van der Waals surface area (Å²) in [5.74, 6) is -0.730. The molecule has 0 bridgehead atoms. The van der Waals surface area contributed by atoms with Gasteiger partial charge in [0.15, 0.2) is 5.49 Å². The molecule has 0 fully saturated rings. The molecule has 0 aliphatic heterocycles. The van der Waals surface area contributed by atoms with E-state index in [9.17, 15) is 17.6 Å². The number of benzene rings is 3. The molecular formula is C24H18F4N4O. The van der Waals surface area contributed by atoms with Crippen molar-refractivity contribution in [2.24, 2.45) is 4.99 Å². The summed E-state index contributed by atoms with van der Waals surface area (Å²) in [7, 11) is 1.47. The van der Waals surface area contributed by atoms with E-state index in [-0.39, 0.29) is 23.0 Å². The third-order valence-corrected chi connectivity index (χ3v) is 4.97. The molecule has 0 saturated carbocycles. The topological polar surface area (TPSA) is 63.3 Å². The Balaban J connectivity index is 1.99. The highest BCUT2D eigenvalue weighted by Crippen LogP contribution is 2.39. The van der Waals surface area contributed by atoms with Crippen LogP contribution in [0.25, 0.3) is 21.9 Å². The molecule has 33 heavy (non-hydrogen) atoms. The van der Waals surface area contributed by atoms with E-state index in [0.717, 1.165) is 16.8 Å². The van der Waals surface area contributed by atoms with Crippen LogP contribution >= 0.6 is 0 Å². The van der Waals surface area contributed by atoms with Gasteiger partial charge >= 0.3 is 6.18 Å². The Bertz CT molecular complexity index is 1430. The number of fused-ring (bicyclic) bond motifs is 1. The second-order valence-electron chi connectivity index (χ2n) is 7.22. The van der Waals surface area contributed by atoms with Crippen LogP contribution in [0.5, 0.6) is 11.6 Å². The number of alkyl halides is 3. The van der Waals surface area contributed by atoms with E-state index in [2.05, 4.69) is 10.1 Å². The number of halogens is 4. The second-order valence-corrected chi connectivity index (χ2v) is 7.22. The highest BCUT2D eigenvalue weighted by atomic mass is 19.4. The molecule has 1 aromatic heterocycles. The lowest BCUT2D eigenvalue weighted by Gasteiger charge is -2.17. The van der Waals surface area contributed by atoms with Crippen molar-refractivity contribution in [3.8, 4) is 22.8 Å². The van der Waals surface area contributed by atoms with Crippen LogP contribution in [0.2, 0.25) is 0 Å². The van der Waals surface area contributed by atoms with Crippen molar-refractivity contribution in [2.75, 3.05) is 7.05 Å². The van der Waals surface area contributed by atoms with Crippen molar-refractivity contribution < 1.29 is 22.3 Å². The maximum absolute atomic E-state index is 14.0. The van der Waals surface area contributed by atoms with Gasteiger partial charge in [-0.15, -0.1) is 5.10 Å². The van der Waals surface area contributed by atoms with E-state index in [1.807, 2.05) is 0 Å². The maximum atomic E-state index is 14.0. The van der Waals surface area contributed by atoms with E-state index < -0.39 is 17.6 Å². The van der Waals surface area contributed by atoms with Crippen LogP contribution in [0.4, 0.5) is 17.6 Å². The zero-order chi connectivity index (χ0) is 23.8. The predicted molar refractivity (Wildman–Crippen MR) is 117 cm³/mol. The molecule has 3 aromatic carbocycles. The molecule has 0 aliphatic rings. The normalized spacial score (nSPS) is 12.2. The molecule has 0 aliphatic carbocycles. The van der Waals surface area contributed by atoms with Gasteiger partial charge in [0, 0.05) is 23.4 Å². The van der Waals surface area contributed by atoms with Crippen LogP contribution in [-0.2, 0) is 6.18 Å². The monoisotopic (exact) mass is 454 g/mol. The average Bonchev–Trinajstić information content (AvgIpc) is 2.78. The summed E-state index contributed by atoms with van der Waals surface area (Å²) in [6.07, 6.45) is -4.58. The van der Waals surface area contributed by atoms with Gasteiger partial charge in [0.25, 0.3) is 0 Å². The van der Waals surface area contributed by atoms with Crippen LogP contribution in [0.1, 0.15) is 12.5 Å². The maximum Gasteiger partial charge on any atom is 0.416 e. The van der Waals surface area contributed by atoms with Gasteiger partial charge in [0.05, 0.1) is 5.56 Å². The molecule has 0 unspecified atom stereocenters.